The fourth-order valence-electron chi connectivity index (χ4n) is 2.54. The summed E-state index contributed by atoms with van der Waals surface area (Å²) in [6, 6.07) is 9.15. The summed E-state index contributed by atoms with van der Waals surface area (Å²) in [5.74, 6) is -0.218. The predicted octanol–water partition coefficient (Wildman–Crippen LogP) is 1.94. The molecule has 0 saturated heterocycles. The lowest BCUT2D eigenvalue weighted by Gasteiger charge is -2.07. The smallest absolute Gasteiger partial charge is 0.303 e. The number of amidine groups is 1. The maximum atomic E-state index is 10.6. The van der Waals surface area contributed by atoms with E-state index in [-0.39, 0.29) is 12.3 Å². The number of carbonyl (C=O) groups is 1. The van der Waals surface area contributed by atoms with Gasteiger partial charge in [0.1, 0.15) is 12.2 Å². The summed E-state index contributed by atoms with van der Waals surface area (Å²) in [4.78, 5) is 14.8. The van der Waals surface area contributed by atoms with Crippen molar-refractivity contribution in [3.05, 3.63) is 59.7 Å². The van der Waals surface area contributed by atoms with Crippen LogP contribution in [0.3, 0.4) is 0 Å². The Morgan fingerprint density at radius 1 is 1.27 bits per heavy atom. The monoisotopic (exact) mass is 350 g/mol. The van der Waals surface area contributed by atoms with Crippen LogP contribution in [0.1, 0.15) is 23.2 Å². The minimum atomic E-state index is -0.852. The van der Waals surface area contributed by atoms with Crippen molar-refractivity contribution >= 4 is 11.8 Å². The Morgan fingerprint density at radius 2 is 2.00 bits per heavy atom. The van der Waals surface area contributed by atoms with Crippen molar-refractivity contribution in [2.24, 2.45) is 5.73 Å². The number of nitrogens with one attached hydrogen (secondary N) is 1. The zero-order valence-electron chi connectivity index (χ0n) is 14.2. The van der Waals surface area contributed by atoms with Crippen LogP contribution >= 0.6 is 0 Å². The summed E-state index contributed by atoms with van der Waals surface area (Å²) in [6.07, 6.45) is 3.77. The van der Waals surface area contributed by atoms with Crippen LogP contribution in [0, 0.1) is 12.3 Å². The van der Waals surface area contributed by atoms with Crippen LogP contribution in [0.25, 0.3) is 17.1 Å². The first-order valence-electron chi connectivity index (χ1n) is 7.98. The van der Waals surface area contributed by atoms with Crippen molar-refractivity contribution in [2.45, 2.75) is 19.8 Å². The van der Waals surface area contributed by atoms with Gasteiger partial charge in [0, 0.05) is 23.7 Å². The molecule has 0 atom stereocenters. The predicted molar refractivity (Wildman–Crippen MR) is 96.3 cm³/mol. The summed E-state index contributed by atoms with van der Waals surface area (Å²) >= 11 is 0. The number of aliphatic carboxylic acids is 1. The fourth-order valence-corrected chi connectivity index (χ4v) is 2.54. The topological polar surface area (TPSA) is 131 Å². The Labute approximate surface area is 149 Å². The number of nitrogen functional groups attached to an aromatic ring is 1. The van der Waals surface area contributed by atoms with Crippen molar-refractivity contribution in [3.8, 4) is 17.1 Å². The van der Waals surface area contributed by atoms with Crippen LogP contribution in [-0.4, -0.2) is 36.7 Å². The lowest BCUT2D eigenvalue weighted by molar-refractivity contribution is -0.136. The molecule has 4 N–H and O–H groups in total. The normalized spacial score (nSPS) is 10.7. The van der Waals surface area contributed by atoms with Gasteiger partial charge in [-0.25, -0.2) is 4.98 Å². The van der Waals surface area contributed by atoms with Gasteiger partial charge < -0.3 is 10.8 Å². The third kappa shape index (κ3) is 3.75. The van der Waals surface area contributed by atoms with E-state index in [9.17, 15) is 4.79 Å². The Morgan fingerprint density at radius 3 is 2.62 bits per heavy atom. The molecular formula is C18H18N6O2. The van der Waals surface area contributed by atoms with Gasteiger partial charge in [0.25, 0.3) is 0 Å². The summed E-state index contributed by atoms with van der Waals surface area (Å²) in [5, 5.41) is 24.7. The number of carboxylic acids is 1. The van der Waals surface area contributed by atoms with Gasteiger partial charge in [-0.1, -0.05) is 24.3 Å². The summed E-state index contributed by atoms with van der Waals surface area (Å²) in [7, 11) is 0. The molecule has 3 aromatic rings. The van der Waals surface area contributed by atoms with Crippen molar-refractivity contribution in [2.75, 3.05) is 0 Å². The van der Waals surface area contributed by atoms with E-state index in [1.807, 2.05) is 25.1 Å². The minimum Gasteiger partial charge on any atom is -0.481 e. The zero-order valence-corrected chi connectivity index (χ0v) is 14.2. The molecule has 0 unspecified atom stereocenters. The quantitative estimate of drug-likeness (QED) is 0.460. The molecule has 0 fully saturated rings. The molecule has 2 aromatic heterocycles. The van der Waals surface area contributed by atoms with Crippen molar-refractivity contribution in [1.29, 1.82) is 5.41 Å². The van der Waals surface area contributed by atoms with E-state index in [0.29, 0.717) is 23.5 Å². The van der Waals surface area contributed by atoms with Crippen LogP contribution in [0.4, 0.5) is 0 Å². The summed E-state index contributed by atoms with van der Waals surface area (Å²) in [5.41, 5.74) is 9.39. The highest BCUT2D eigenvalue weighted by Crippen LogP contribution is 2.22. The Bertz CT molecular complexity index is 962. The maximum Gasteiger partial charge on any atom is 0.303 e. The number of hydrogen-bond donors (Lipinski definition) is 3. The van der Waals surface area contributed by atoms with Gasteiger partial charge >= 0.3 is 5.97 Å². The van der Waals surface area contributed by atoms with E-state index in [0.717, 1.165) is 16.8 Å². The Kier molecular flexibility index (Phi) is 4.74. The van der Waals surface area contributed by atoms with Crippen molar-refractivity contribution in [1.82, 2.24) is 19.7 Å². The number of rotatable bonds is 6. The second-order valence-corrected chi connectivity index (χ2v) is 5.89. The highest BCUT2D eigenvalue weighted by molar-refractivity contribution is 5.95. The number of aryl methyl sites for hydroxylation is 2. The number of nitrogens with two attached hydrogens (primary N) is 1. The standard InChI is InChI=1S/C18H18N6O2/c1-11-8-15(24-9-14(21-10-24)6-7-16(25)26)22-23-17(11)12-2-4-13(5-3-12)18(19)20/h2-5,8-10H,6-7H2,1H3,(H3,19,20)(H,25,26). The van der Waals surface area contributed by atoms with Gasteiger partial charge in [-0.05, 0) is 18.6 Å². The van der Waals surface area contributed by atoms with Gasteiger partial charge in [0.15, 0.2) is 5.82 Å². The van der Waals surface area contributed by atoms with Gasteiger partial charge in [-0.15, -0.1) is 10.2 Å². The number of hydrogen-bond acceptors (Lipinski definition) is 5. The van der Waals surface area contributed by atoms with E-state index in [4.69, 9.17) is 16.2 Å². The van der Waals surface area contributed by atoms with Crippen molar-refractivity contribution < 1.29 is 9.90 Å². The molecule has 0 aliphatic heterocycles. The lowest BCUT2D eigenvalue weighted by Crippen LogP contribution is -2.10. The summed E-state index contributed by atoms with van der Waals surface area (Å²) < 4.78 is 1.72. The van der Waals surface area contributed by atoms with Crippen LogP contribution in [0.2, 0.25) is 0 Å². The molecular weight excluding hydrogens is 332 g/mol. The Hall–Kier alpha value is -3.55. The number of carboxylic acid groups (broad SMARTS) is 1. The Balaban J connectivity index is 1.83. The third-order valence-electron chi connectivity index (χ3n) is 3.94. The molecule has 0 aliphatic rings. The molecule has 8 nitrogen and oxygen atoms in total. The number of benzene rings is 1. The zero-order chi connectivity index (χ0) is 18.7. The molecule has 0 radical (unpaired) electrons. The van der Waals surface area contributed by atoms with Gasteiger partial charge in [0.2, 0.25) is 0 Å². The van der Waals surface area contributed by atoms with Crippen LogP contribution in [0.5, 0.6) is 0 Å². The summed E-state index contributed by atoms with van der Waals surface area (Å²) in [6.45, 7) is 1.94. The second kappa shape index (κ2) is 7.14. The fraction of sp³-hybridized carbons (Fsp3) is 0.167. The first kappa shape index (κ1) is 17.3. The van der Waals surface area contributed by atoms with E-state index < -0.39 is 5.97 Å². The average Bonchev–Trinajstić information content (AvgIpc) is 3.09. The molecule has 0 spiro atoms. The number of nitrogens with zero attached hydrogens (tertiary/aromatic N) is 4. The molecule has 0 amide bonds. The van der Waals surface area contributed by atoms with E-state index in [1.54, 1.807) is 29.2 Å². The van der Waals surface area contributed by atoms with Gasteiger partial charge in [-0.2, -0.15) is 0 Å². The molecule has 0 saturated carbocycles. The van der Waals surface area contributed by atoms with Crippen LogP contribution < -0.4 is 5.73 Å². The molecule has 8 heteroatoms. The largest absolute Gasteiger partial charge is 0.481 e. The van der Waals surface area contributed by atoms with E-state index in [1.165, 1.54) is 0 Å². The van der Waals surface area contributed by atoms with Crippen LogP contribution in [-0.2, 0) is 11.2 Å². The molecule has 0 bridgehead atoms. The minimum absolute atomic E-state index is 0.0218. The SMILES string of the molecule is Cc1cc(-n2cnc(CCC(=O)O)c2)nnc1-c1ccc(C(=N)N)cc1. The first-order chi connectivity index (χ1) is 12.4. The highest BCUT2D eigenvalue weighted by atomic mass is 16.4. The molecule has 1 aromatic carbocycles. The average molecular weight is 350 g/mol. The van der Waals surface area contributed by atoms with Crippen LogP contribution in [0.15, 0.2) is 42.9 Å². The molecule has 3 rings (SSSR count). The number of imidazole rings is 1. The van der Waals surface area contributed by atoms with Crippen molar-refractivity contribution in [3.63, 3.8) is 0 Å². The van der Waals surface area contributed by atoms with Gasteiger partial charge in [-0.3, -0.25) is 14.8 Å². The second-order valence-electron chi connectivity index (χ2n) is 5.89. The molecule has 2 heterocycles. The van der Waals surface area contributed by atoms with E-state index >= 15 is 0 Å². The molecule has 0 aliphatic carbocycles. The molecule has 132 valence electrons. The van der Waals surface area contributed by atoms with Gasteiger partial charge in [0.05, 0.1) is 17.8 Å². The lowest BCUT2D eigenvalue weighted by atomic mass is 10.1. The maximum absolute atomic E-state index is 10.6. The highest BCUT2D eigenvalue weighted by Gasteiger charge is 2.10. The number of aromatic nitrogens is 4. The first-order valence-corrected chi connectivity index (χ1v) is 7.98. The third-order valence-corrected chi connectivity index (χ3v) is 3.94. The molecule has 26 heavy (non-hydrogen) atoms. The van der Waals surface area contributed by atoms with E-state index in [2.05, 4.69) is 15.2 Å².